The first-order valence-electron chi connectivity index (χ1n) is 7.77. The zero-order valence-electron chi connectivity index (χ0n) is 14.1. The van der Waals surface area contributed by atoms with E-state index >= 15 is 0 Å². The van der Waals surface area contributed by atoms with Crippen molar-refractivity contribution < 1.29 is 23.4 Å². The number of furan rings is 1. The first-order chi connectivity index (χ1) is 11.5. The molecule has 1 fully saturated rings. The summed E-state index contributed by atoms with van der Waals surface area (Å²) >= 11 is 0. The maximum Gasteiger partial charge on any atom is 0.230 e. The van der Waals surface area contributed by atoms with Crippen LogP contribution in [-0.2, 0) is 4.74 Å². The van der Waals surface area contributed by atoms with Gasteiger partial charge < -0.3 is 23.4 Å². The summed E-state index contributed by atoms with van der Waals surface area (Å²) in [7, 11) is 3.24. The monoisotopic (exact) mass is 329 g/mol. The molecule has 0 spiro atoms. The molecule has 0 bridgehead atoms. The second-order valence-corrected chi connectivity index (χ2v) is 6.33. The predicted molar refractivity (Wildman–Crippen MR) is 89.1 cm³/mol. The van der Waals surface area contributed by atoms with Gasteiger partial charge in [0.05, 0.1) is 37.0 Å². The number of benzene rings is 1. The molecule has 0 amide bonds. The van der Waals surface area contributed by atoms with Crippen molar-refractivity contribution in [3.8, 4) is 17.2 Å². The van der Waals surface area contributed by atoms with Crippen LogP contribution in [0, 0.1) is 0 Å². The van der Waals surface area contributed by atoms with Gasteiger partial charge in [-0.15, -0.1) is 0 Å². The smallest absolute Gasteiger partial charge is 0.230 e. The van der Waals surface area contributed by atoms with Crippen LogP contribution in [0.4, 0.5) is 0 Å². The quantitative estimate of drug-likeness (QED) is 0.667. The molecule has 0 N–H and O–H groups in total. The van der Waals surface area contributed by atoms with E-state index < -0.39 is 0 Å². The molecule has 2 aromatic heterocycles. The van der Waals surface area contributed by atoms with Crippen molar-refractivity contribution in [3.05, 3.63) is 24.5 Å². The van der Waals surface area contributed by atoms with Crippen LogP contribution in [0.15, 0.2) is 28.9 Å². The highest BCUT2D eigenvalue weighted by atomic mass is 16.6. The van der Waals surface area contributed by atoms with Crippen molar-refractivity contribution in [2.45, 2.75) is 25.6 Å². The second kappa shape index (κ2) is 5.27. The Balaban J connectivity index is 1.78. The molecule has 126 valence electrons. The van der Waals surface area contributed by atoms with Crippen LogP contribution in [0.5, 0.6) is 17.2 Å². The lowest BCUT2D eigenvalue weighted by Crippen LogP contribution is -2.12. The number of ether oxygens (including phenoxy) is 4. The SMILES string of the molecule is COc1cc2c(OC)c3ccoc3nc2cc1OC[C@H]1OC1(C)C. The normalized spacial score (nSPS) is 18.8. The van der Waals surface area contributed by atoms with Crippen LogP contribution >= 0.6 is 0 Å². The standard InChI is InChI=1S/C18H19NO5/c1-18(2)15(24-18)9-23-14-8-12-11(7-13(14)20-3)16(21-4)10-5-6-22-17(10)19-12/h5-8,15H,9H2,1-4H3/t15-/m1/s1. The number of epoxide rings is 1. The van der Waals surface area contributed by atoms with Gasteiger partial charge in [0.15, 0.2) is 11.5 Å². The minimum absolute atomic E-state index is 0.0907. The largest absolute Gasteiger partial charge is 0.495 e. The van der Waals surface area contributed by atoms with E-state index in [1.54, 1.807) is 20.5 Å². The molecule has 0 unspecified atom stereocenters. The third-order valence-corrected chi connectivity index (χ3v) is 4.40. The number of aromatic nitrogens is 1. The van der Waals surface area contributed by atoms with E-state index in [9.17, 15) is 0 Å². The number of pyridine rings is 1. The van der Waals surface area contributed by atoms with Gasteiger partial charge in [-0.25, -0.2) is 4.98 Å². The summed E-state index contributed by atoms with van der Waals surface area (Å²) < 4.78 is 27.9. The Hall–Kier alpha value is -2.47. The molecule has 24 heavy (non-hydrogen) atoms. The Morgan fingerprint density at radius 1 is 1.12 bits per heavy atom. The molecular weight excluding hydrogens is 310 g/mol. The molecule has 1 atom stereocenters. The fraction of sp³-hybridized carbons (Fsp3) is 0.389. The van der Waals surface area contributed by atoms with Gasteiger partial charge in [0.2, 0.25) is 5.71 Å². The van der Waals surface area contributed by atoms with E-state index in [1.165, 1.54) is 0 Å². The summed E-state index contributed by atoms with van der Waals surface area (Å²) in [5.74, 6) is 1.96. The van der Waals surface area contributed by atoms with E-state index in [0.717, 1.165) is 16.3 Å². The van der Waals surface area contributed by atoms with Gasteiger partial charge in [0.25, 0.3) is 0 Å². The number of rotatable bonds is 5. The maximum atomic E-state index is 5.90. The highest BCUT2D eigenvalue weighted by Crippen LogP contribution is 2.41. The summed E-state index contributed by atoms with van der Waals surface area (Å²) in [5, 5.41) is 1.67. The molecule has 1 saturated heterocycles. The van der Waals surface area contributed by atoms with Crippen LogP contribution in [-0.4, -0.2) is 37.5 Å². The van der Waals surface area contributed by atoms with Gasteiger partial charge in [-0.2, -0.15) is 0 Å². The van der Waals surface area contributed by atoms with Crippen LogP contribution in [0.3, 0.4) is 0 Å². The summed E-state index contributed by atoms with van der Waals surface area (Å²) in [4.78, 5) is 4.54. The van der Waals surface area contributed by atoms with Crippen LogP contribution in [0.1, 0.15) is 13.8 Å². The van der Waals surface area contributed by atoms with E-state index in [1.807, 2.05) is 32.0 Å². The maximum absolute atomic E-state index is 5.90. The second-order valence-electron chi connectivity index (χ2n) is 6.33. The first-order valence-corrected chi connectivity index (χ1v) is 7.77. The molecule has 1 aliphatic heterocycles. The topological polar surface area (TPSA) is 66.2 Å². The summed E-state index contributed by atoms with van der Waals surface area (Å²) in [6.45, 7) is 4.55. The molecule has 0 radical (unpaired) electrons. The number of hydrogen-bond acceptors (Lipinski definition) is 6. The van der Waals surface area contributed by atoms with Crippen molar-refractivity contribution >= 4 is 22.0 Å². The van der Waals surface area contributed by atoms with Gasteiger partial charge in [0.1, 0.15) is 18.5 Å². The zero-order valence-corrected chi connectivity index (χ0v) is 14.1. The number of fused-ring (bicyclic) bond motifs is 2. The van der Waals surface area contributed by atoms with Crippen molar-refractivity contribution in [1.82, 2.24) is 4.98 Å². The van der Waals surface area contributed by atoms with Gasteiger partial charge >= 0.3 is 0 Å². The molecular formula is C18H19NO5. The van der Waals surface area contributed by atoms with E-state index in [-0.39, 0.29) is 11.7 Å². The van der Waals surface area contributed by atoms with Crippen LogP contribution in [0.2, 0.25) is 0 Å². The predicted octanol–water partition coefficient (Wildman–Crippen LogP) is 3.55. The summed E-state index contributed by atoms with van der Waals surface area (Å²) in [6.07, 6.45) is 1.69. The zero-order chi connectivity index (χ0) is 16.9. The van der Waals surface area contributed by atoms with Crippen molar-refractivity contribution in [3.63, 3.8) is 0 Å². The van der Waals surface area contributed by atoms with Gasteiger partial charge in [-0.3, -0.25) is 0 Å². The van der Waals surface area contributed by atoms with E-state index in [2.05, 4.69) is 4.98 Å². The van der Waals surface area contributed by atoms with Crippen molar-refractivity contribution in [1.29, 1.82) is 0 Å². The number of nitrogens with zero attached hydrogens (tertiary/aromatic N) is 1. The Labute approximate surface area is 139 Å². The number of hydrogen-bond donors (Lipinski definition) is 0. The van der Waals surface area contributed by atoms with Gasteiger partial charge in [-0.1, -0.05) is 0 Å². The van der Waals surface area contributed by atoms with Crippen LogP contribution < -0.4 is 14.2 Å². The fourth-order valence-corrected chi connectivity index (χ4v) is 2.86. The lowest BCUT2D eigenvalue weighted by molar-refractivity contribution is 0.246. The molecule has 4 rings (SSSR count). The van der Waals surface area contributed by atoms with E-state index in [0.29, 0.717) is 29.6 Å². The molecule has 3 heterocycles. The Morgan fingerprint density at radius 3 is 2.58 bits per heavy atom. The molecule has 0 saturated carbocycles. The summed E-state index contributed by atoms with van der Waals surface area (Å²) in [5.41, 5.74) is 1.13. The average molecular weight is 329 g/mol. The third kappa shape index (κ3) is 2.34. The molecule has 6 nitrogen and oxygen atoms in total. The average Bonchev–Trinajstić information content (AvgIpc) is 2.95. The molecule has 1 aliphatic rings. The minimum atomic E-state index is -0.119. The van der Waals surface area contributed by atoms with Crippen molar-refractivity contribution in [2.75, 3.05) is 20.8 Å². The first kappa shape index (κ1) is 15.1. The highest BCUT2D eigenvalue weighted by Gasteiger charge is 2.48. The Morgan fingerprint density at radius 2 is 1.92 bits per heavy atom. The Bertz CT molecular complexity index is 915. The van der Waals surface area contributed by atoms with Crippen molar-refractivity contribution in [2.24, 2.45) is 0 Å². The highest BCUT2D eigenvalue weighted by molar-refractivity contribution is 6.00. The van der Waals surface area contributed by atoms with E-state index in [4.69, 9.17) is 23.4 Å². The van der Waals surface area contributed by atoms with Gasteiger partial charge in [0, 0.05) is 11.5 Å². The van der Waals surface area contributed by atoms with Crippen LogP contribution in [0.25, 0.3) is 22.0 Å². The summed E-state index contributed by atoms with van der Waals surface area (Å²) in [6, 6.07) is 5.56. The fourth-order valence-electron chi connectivity index (χ4n) is 2.86. The van der Waals surface area contributed by atoms with Gasteiger partial charge in [-0.05, 0) is 26.0 Å². The third-order valence-electron chi connectivity index (χ3n) is 4.40. The minimum Gasteiger partial charge on any atom is -0.495 e. The lowest BCUT2D eigenvalue weighted by Gasteiger charge is -2.13. The molecule has 0 aliphatic carbocycles. The number of methoxy groups -OCH3 is 2. The molecule has 3 aromatic rings. The molecule has 6 heteroatoms. The lowest BCUT2D eigenvalue weighted by atomic mass is 10.1. The Kier molecular flexibility index (Phi) is 3.31. The molecule has 1 aromatic carbocycles.